The van der Waals surface area contributed by atoms with Crippen molar-refractivity contribution in [1.82, 2.24) is 0 Å². The first kappa shape index (κ1) is 14.5. The van der Waals surface area contributed by atoms with Gasteiger partial charge in [0.25, 0.3) is 0 Å². The Hall–Kier alpha value is -0.460. The van der Waals surface area contributed by atoms with E-state index in [1.807, 2.05) is 6.26 Å². The van der Waals surface area contributed by atoms with Crippen molar-refractivity contribution in [3.63, 3.8) is 0 Å². The van der Waals surface area contributed by atoms with Crippen LogP contribution in [0.2, 0.25) is 0 Å². The van der Waals surface area contributed by atoms with Crippen LogP contribution in [0.25, 0.3) is 0 Å². The van der Waals surface area contributed by atoms with Crippen molar-refractivity contribution >= 4 is 0 Å². The van der Waals surface area contributed by atoms with Crippen molar-refractivity contribution in [2.24, 2.45) is 23.7 Å². The maximum atomic E-state index is 5.17. The van der Waals surface area contributed by atoms with Gasteiger partial charge in [-0.1, -0.05) is 25.7 Å². The lowest BCUT2D eigenvalue weighted by molar-refractivity contribution is 0.147. The summed E-state index contributed by atoms with van der Waals surface area (Å²) in [6, 6.07) is 0. The van der Waals surface area contributed by atoms with Gasteiger partial charge in [-0.25, -0.2) is 0 Å². The summed E-state index contributed by atoms with van der Waals surface area (Å²) in [6.45, 7) is 0. The molecule has 0 aromatic carbocycles. The normalized spacial score (nSPS) is 36.0. The zero-order valence-electron chi connectivity index (χ0n) is 13.3. The second kappa shape index (κ2) is 7.00. The van der Waals surface area contributed by atoms with Crippen molar-refractivity contribution in [3.05, 3.63) is 11.8 Å². The first-order valence-electron chi connectivity index (χ1n) is 9.07. The fourth-order valence-electron chi connectivity index (χ4n) is 5.28. The summed E-state index contributed by atoms with van der Waals surface area (Å²) < 4.78 is 5.17. The Kier molecular flexibility index (Phi) is 5.07. The van der Waals surface area contributed by atoms with Gasteiger partial charge in [-0.05, 0) is 80.6 Å². The van der Waals surface area contributed by atoms with Crippen molar-refractivity contribution < 1.29 is 4.74 Å². The van der Waals surface area contributed by atoms with Gasteiger partial charge in [0.1, 0.15) is 0 Å². The summed E-state index contributed by atoms with van der Waals surface area (Å²) in [6.07, 6.45) is 19.7. The fourth-order valence-corrected chi connectivity index (χ4v) is 5.28. The number of hydrogen-bond donors (Lipinski definition) is 0. The molecule has 3 fully saturated rings. The van der Waals surface area contributed by atoms with E-state index in [9.17, 15) is 0 Å². The number of ether oxygens (including phenoxy) is 1. The van der Waals surface area contributed by atoms with Crippen LogP contribution in [-0.4, -0.2) is 7.11 Å². The molecule has 0 heterocycles. The summed E-state index contributed by atoms with van der Waals surface area (Å²) in [5.74, 6) is 4.28. The molecule has 0 atom stereocenters. The van der Waals surface area contributed by atoms with Gasteiger partial charge in [0.15, 0.2) is 0 Å². The zero-order chi connectivity index (χ0) is 13.8. The first-order chi connectivity index (χ1) is 9.86. The molecule has 3 saturated carbocycles. The Balaban J connectivity index is 1.43. The van der Waals surface area contributed by atoms with Gasteiger partial charge in [0.2, 0.25) is 0 Å². The van der Waals surface area contributed by atoms with E-state index in [4.69, 9.17) is 4.74 Å². The summed E-state index contributed by atoms with van der Waals surface area (Å²) >= 11 is 0. The molecule has 1 nitrogen and oxygen atoms in total. The Bertz CT molecular complexity index is 309. The average Bonchev–Trinajstić information content (AvgIpc) is 3.03. The van der Waals surface area contributed by atoms with Gasteiger partial charge in [0.05, 0.1) is 13.4 Å². The fraction of sp³-hybridized carbons (Fsp3) is 0.895. The second-order valence-electron chi connectivity index (χ2n) is 7.57. The lowest BCUT2D eigenvalue weighted by Crippen LogP contribution is -2.26. The second-order valence-corrected chi connectivity index (χ2v) is 7.57. The first-order valence-corrected chi connectivity index (χ1v) is 9.07. The molecule has 0 aromatic heterocycles. The van der Waals surface area contributed by atoms with E-state index in [0.29, 0.717) is 0 Å². The zero-order valence-corrected chi connectivity index (χ0v) is 13.3. The van der Waals surface area contributed by atoms with Crippen molar-refractivity contribution in [2.45, 2.75) is 77.0 Å². The van der Waals surface area contributed by atoms with Crippen LogP contribution >= 0.6 is 0 Å². The molecule has 1 heteroatoms. The lowest BCUT2D eigenvalue weighted by atomic mass is 9.68. The smallest absolute Gasteiger partial charge is 0.0816 e. The summed E-state index contributed by atoms with van der Waals surface area (Å²) in [5.41, 5.74) is 1.54. The molecule has 3 rings (SSSR count). The van der Waals surface area contributed by atoms with Crippen LogP contribution in [0, 0.1) is 23.7 Å². The Morgan fingerprint density at radius 1 is 0.700 bits per heavy atom. The highest BCUT2D eigenvalue weighted by atomic mass is 16.5. The minimum Gasteiger partial charge on any atom is -0.504 e. The Labute approximate surface area is 125 Å². The SMILES string of the molecule is COC=C1CCC(C2CCC(C3CCCC3)CC2)CC1. The van der Waals surface area contributed by atoms with Gasteiger partial charge in [-0.2, -0.15) is 0 Å². The van der Waals surface area contributed by atoms with Crippen molar-refractivity contribution in [3.8, 4) is 0 Å². The van der Waals surface area contributed by atoms with Crippen molar-refractivity contribution in [2.75, 3.05) is 7.11 Å². The van der Waals surface area contributed by atoms with Crippen molar-refractivity contribution in [1.29, 1.82) is 0 Å². The third-order valence-corrected chi connectivity index (χ3v) is 6.51. The number of rotatable bonds is 3. The van der Waals surface area contributed by atoms with Gasteiger partial charge >= 0.3 is 0 Å². The molecule has 0 aliphatic heterocycles. The third kappa shape index (κ3) is 3.40. The Morgan fingerprint density at radius 2 is 1.15 bits per heavy atom. The maximum Gasteiger partial charge on any atom is 0.0816 e. The molecule has 0 N–H and O–H groups in total. The van der Waals surface area contributed by atoms with Crippen LogP contribution in [0.1, 0.15) is 77.0 Å². The van der Waals surface area contributed by atoms with Gasteiger partial charge < -0.3 is 4.74 Å². The van der Waals surface area contributed by atoms with E-state index in [1.165, 1.54) is 51.4 Å². The van der Waals surface area contributed by atoms with E-state index < -0.39 is 0 Å². The van der Waals surface area contributed by atoms with Crippen LogP contribution in [-0.2, 0) is 4.74 Å². The molecular weight excluding hydrogens is 244 g/mol. The number of methoxy groups -OCH3 is 1. The van der Waals surface area contributed by atoms with Crippen LogP contribution in [0.15, 0.2) is 11.8 Å². The molecule has 3 aliphatic carbocycles. The number of hydrogen-bond acceptors (Lipinski definition) is 1. The monoisotopic (exact) mass is 276 g/mol. The summed E-state index contributed by atoms with van der Waals surface area (Å²) in [7, 11) is 1.78. The predicted molar refractivity (Wildman–Crippen MR) is 84.5 cm³/mol. The topological polar surface area (TPSA) is 9.23 Å². The number of allylic oxidation sites excluding steroid dienone is 1. The summed E-state index contributed by atoms with van der Waals surface area (Å²) in [4.78, 5) is 0. The molecule has 114 valence electrons. The molecule has 0 spiro atoms. The van der Waals surface area contributed by atoms with E-state index in [0.717, 1.165) is 23.7 Å². The largest absolute Gasteiger partial charge is 0.504 e. The lowest BCUT2D eigenvalue weighted by Gasteiger charge is -2.38. The van der Waals surface area contributed by atoms with Crippen LogP contribution in [0.3, 0.4) is 0 Å². The molecule has 0 saturated heterocycles. The van der Waals surface area contributed by atoms with E-state index >= 15 is 0 Å². The molecule has 3 aliphatic rings. The van der Waals surface area contributed by atoms with Gasteiger partial charge in [0, 0.05) is 0 Å². The molecular formula is C19H32O. The highest BCUT2D eigenvalue weighted by Crippen LogP contribution is 2.45. The van der Waals surface area contributed by atoms with E-state index in [2.05, 4.69) is 0 Å². The molecule has 0 unspecified atom stereocenters. The highest BCUT2D eigenvalue weighted by Gasteiger charge is 2.33. The van der Waals surface area contributed by atoms with Crippen LogP contribution < -0.4 is 0 Å². The molecule has 0 aromatic rings. The average molecular weight is 276 g/mol. The maximum absolute atomic E-state index is 5.17. The standard InChI is InChI=1S/C19H32O/c1-20-14-15-6-8-17(9-7-15)19-12-10-18(11-13-19)16-4-2-3-5-16/h14,16-19H,2-13H2,1H3. The Morgan fingerprint density at radius 3 is 1.65 bits per heavy atom. The summed E-state index contributed by atoms with van der Waals surface area (Å²) in [5, 5.41) is 0. The molecule has 0 bridgehead atoms. The minimum absolute atomic E-state index is 1.02. The van der Waals surface area contributed by atoms with Gasteiger partial charge in [-0.3, -0.25) is 0 Å². The molecule has 20 heavy (non-hydrogen) atoms. The van der Waals surface area contributed by atoms with Crippen LogP contribution in [0.5, 0.6) is 0 Å². The molecule has 0 amide bonds. The quantitative estimate of drug-likeness (QED) is 0.600. The highest BCUT2D eigenvalue weighted by molar-refractivity contribution is 5.02. The molecule has 0 radical (unpaired) electrons. The minimum atomic E-state index is 1.02. The van der Waals surface area contributed by atoms with Crippen LogP contribution in [0.4, 0.5) is 0 Å². The third-order valence-electron chi connectivity index (χ3n) is 6.51. The van der Waals surface area contributed by atoms with E-state index in [1.54, 1.807) is 38.4 Å². The van der Waals surface area contributed by atoms with E-state index in [-0.39, 0.29) is 0 Å². The predicted octanol–water partition coefficient (Wildman–Crippen LogP) is 5.70. The van der Waals surface area contributed by atoms with Gasteiger partial charge in [-0.15, -0.1) is 0 Å².